The molecule has 2 amide bonds. The monoisotopic (exact) mass is 477 g/mol. The van der Waals surface area contributed by atoms with E-state index >= 15 is 0 Å². The van der Waals surface area contributed by atoms with Crippen LogP contribution in [0.15, 0.2) is 52.0 Å². The fraction of sp³-hybridized carbons (Fsp3) is 0.478. The first-order chi connectivity index (χ1) is 15.7. The minimum Gasteiger partial charge on any atom is -0.467 e. The van der Waals surface area contributed by atoms with Gasteiger partial charge in [0.25, 0.3) is 0 Å². The maximum absolute atomic E-state index is 13.4. The summed E-state index contributed by atoms with van der Waals surface area (Å²) in [5, 5.41) is 2.61. The molecule has 0 spiro atoms. The molecule has 2 heterocycles. The topological polar surface area (TPSA) is 109 Å². The summed E-state index contributed by atoms with van der Waals surface area (Å²) in [4.78, 5) is 26.2. The molecule has 1 aliphatic heterocycles. The van der Waals surface area contributed by atoms with Crippen LogP contribution in [0.3, 0.4) is 0 Å². The first-order valence-corrected chi connectivity index (χ1v) is 12.4. The van der Waals surface area contributed by atoms with Crippen LogP contribution in [0.2, 0.25) is 0 Å². The van der Waals surface area contributed by atoms with Gasteiger partial charge in [0.05, 0.1) is 30.4 Å². The number of carbonyl (C=O) groups excluding carboxylic acids is 2. The van der Waals surface area contributed by atoms with Crippen molar-refractivity contribution in [3.63, 3.8) is 0 Å². The zero-order chi connectivity index (χ0) is 24.0. The van der Waals surface area contributed by atoms with E-state index in [0.717, 1.165) is 12.8 Å². The molecule has 33 heavy (non-hydrogen) atoms. The van der Waals surface area contributed by atoms with Crippen molar-refractivity contribution < 1.29 is 27.2 Å². The lowest BCUT2D eigenvalue weighted by Crippen LogP contribution is -2.47. The molecule has 3 rings (SSSR count). The normalized spacial score (nSPS) is 16.3. The van der Waals surface area contributed by atoms with Crippen LogP contribution in [0.4, 0.5) is 5.69 Å². The molecule has 180 valence electrons. The van der Waals surface area contributed by atoms with Crippen LogP contribution in [-0.2, 0) is 30.9 Å². The van der Waals surface area contributed by atoms with Crippen LogP contribution in [0.5, 0.6) is 0 Å². The Balaban J connectivity index is 1.79. The number of sulfonamides is 1. The first kappa shape index (κ1) is 24.9. The van der Waals surface area contributed by atoms with Gasteiger partial charge in [-0.2, -0.15) is 4.31 Å². The maximum Gasteiger partial charge on any atom is 0.243 e. The highest BCUT2D eigenvalue weighted by atomic mass is 32.2. The van der Waals surface area contributed by atoms with Crippen molar-refractivity contribution in [3.8, 4) is 0 Å². The van der Waals surface area contributed by atoms with Crippen molar-refractivity contribution in [1.29, 1.82) is 0 Å². The minimum atomic E-state index is -3.94. The number of carbonyl (C=O) groups is 2. The van der Waals surface area contributed by atoms with E-state index in [-0.39, 0.29) is 35.9 Å². The third-order valence-electron chi connectivity index (χ3n) is 5.38. The van der Waals surface area contributed by atoms with Gasteiger partial charge in [-0.15, -0.1) is 0 Å². The van der Waals surface area contributed by atoms with Gasteiger partial charge < -0.3 is 19.4 Å². The summed E-state index contributed by atoms with van der Waals surface area (Å²) in [5.74, 6) is 0.0470. The van der Waals surface area contributed by atoms with Crippen LogP contribution >= 0.6 is 0 Å². The van der Waals surface area contributed by atoms with E-state index in [1.165, 1.54) is 35.5 Å². The number of rotatable bonds is 10. The van der Waals surface area contributed by atoms with E-state index in [1.54, 1.807) is 37.1 Å². The van der Waals surface area contributed by atoms with Crippen molar-refractivity contribution in [2.24, 2.45) is 0 Å². The molecule has 1 fully saturated rings. The van der Waals surface area contributed by atoms with Gasteiger partial charge in [0, 0.05) is 31.8 Å². The fourth-order valence-electron chi connectivity index (χ4n) is 3.71. The number of nitrogens with one attached hydrogen (secondary N) is 1. The maximum atomic E-state index is 13.4. The van der Waals surface area contributed by atoms with E-state index < -0.39 is 16.1 Å². The van der Waals surface area contributed by atoms with Crippen molar-refractivity contribution in [2.75, 3.05) is 25.0 Å². The minimum absolute atomic E-state index is 0.0508. The second kappa shape index (κ2) is 11.0. The number of ether oxygens (including phenoxy) is 1. The predicted octanol–water partition coefficient (Wildman–Crippen LogP) is 2.84. The highest BCUT2D eigenvalue weighted by Crippen LogP contribution is 2.22. The van der Waals surface area contributed by atoms with E-state index in [0.29, 0.717) is 24.6 Å². The van der Waals surface area contributed by atoms with E-state index in [4.69, 9.17) is 9.15 Å². The predicted molar refractivity (Wildman–Crippen MR) is 123 cm³/mol. The second-order valence-corrected chi connectivity index (χ2v) is 10.2. The van der Waals surface area contributed by atoms with Crippen LogP contribution in [-0.4, -0.2) is 61.3 Å². The molecule has 1 N–H and O–H groups in total. The molecule has 9 nitrogen and oxygen atoms in total. The summed E-state index contributed by atoms with van der Waals surface area (Å²) in [5.41, 5.74) is 0.495. The van der Waals surface area contributed by atoms with Crippen molar-refractivity contribution in [3.05, 3.63) is 48.4 Å². The van der Waals surface area contributed by atoms with Crippen LogP contribution in [0, 0.1) is 0 Å². The lowest BCUT2D eigenvalue weighted by molar-refractivity contribution is -0.134. The average molecular weight is 478 g/mol. The van der Waals surface area contributed by atoms with Gasteiger partial charge in [-0.3, -0.25) is 9.59 Å². The summed E-state index contributed by atoms with van der Waals surface area (Å²) in [6.45, 7) is 5.80. The Morgan fingerprint density at radius 2 is 1.91 bits per heavy atom. The van der Waals surface area contributed by atoms with Crippen molar-refractivity contribution in [2.45, 2.75) is 57.2 Å². The highest BCUT2D eigenvalue weighted by molar-refractivity contribution is 7.89. The highest BCUT2D eigenvalue weighted by Gasteiger charge is 2.32. The van der Waals surface area contributed by atoms with Crippen molar-refractivity contribution in [1.82, 2.24) is 9.21 Å². The lowest BCUT2D eigenvalue weighted by Gasteiger charge is -2.30. The number of amides is 2. The molecule has 1 saturated heterocycles. The Morgan fingerprint density at radius 3 is 2.45 bits per heavy atom. The van der Waals surface area contributed by atoms with Gasteiger partial charge in [-0.1, -0.05) is 0 Å². The van der Waals surface area contributed by atoms with E-state index in [1.807, 2.05) is 0 Å². The molecule has 1 aliphatic rings. The third-order valence-corrected chi connectivity index (χ3v) is 7.41. The molecule has 0 bridgehead atoms. The SMILES string of the molecule is CC(=O)Nc1ccc(S(=O)(=O)N(CC(=O)N(Cc2ccco2)CC2CCCO2)C(C)C)cc1. The van der Waals surface area contributed by atoms with Crippen LogP contribution in [0.1, 0.15) is 39.4 Å². The Hall–Kier alpha value is -2.69. The van der Waals surface area contributed by atoms with Crippen molar-refractivity contribution >= 4 is 27.5 Å². The van der Waals surface area contributed by atoms with Gasteiger partial charge in [-0.05, 0) is 63.1 Å². The number of nitrogens with zero attached hydrogens (tertiary/aromatic N) is 2. The molecular formula is C23H31N3O6S. The molecule has 2 aromatic rings. The van der Waals surface area contributed by atoms with E-state index in [2.05, 4.69) is 5.32 Å². The Morgan fingerprint density at radius 1 is 1.18 bits per heavy atom. The quantitative estimate of drug-likeness (QED) is 0.564. The van der Waals surface area contributed by atoms with E-state index in [9.17, 15) is 18.0 Å². The first-order valence-electron chi connectivity index (χ1n) is 11.0. The Bertz CT molecular complexity index is 1030. The van der Waals surface area contributed by atoms with Gasteiger partial charge >= 0.3 is 0 Å². The summed E-state index contributed by atoms with van der Waals surface area (Å²) >= 11 is 0. The lowest BCUT2D eigenvalue weighted by atomic mass is 10.2. The molecule has 1 aromatic heterocycles. The molecule has 0 radical (unpaired) electrons. The largest absolute Gasteiger partial charge is 0.467 e. The molecule has 0 saturated carbocycles. The molecule has 1 atom stereocenters. The third kappa shape index (κ3) is 6.66. The van der Waals surface area contributed by atoms with Crippen LogP contribution < -0.4 is 5.32 Å². The Kier molecular flexibility index (Phi) is 8.28. The summed E-state index contributed by atoms with van der Waals surface area (Å²) in [6, 6.07) is 8.98. The fourth-order valence-corrected chi connectivity index (χ4v) is 5.29. The average Bonchev–Trinajstić information content (AvgIpc) is 3.45. The second-order valence-electron chi connectivity index (χ2n) is 8.34. The summed E-state index contributed by atoms with van der Waals surface area (Å²) < 4.78 is 39.0. The molecule has 1 aromatic carbocycles. The zero-order valence-corrected chi connectivity index (χ0v) is 20.0. The zero-order valence-electron chi connectivity index (χ0n) is 19.2. The van der Waals surface area contributed by atoms with Gasteiger partial charge in [0.15, 0.2) is 0 Å². The molecule has 1 unspecified atom stereocenters. The Labute approximate surface area is 194 Å². The number of benzene rings is 1. The number of hydrogen-bond donors (Lipinski definition) is 1. The molecular weight excluding hydrogens is 446 g/mol. The number of furan rings is 1. The van der Waals surface area contributed by atoms with Gasteiger partial charge in [-0.25, -0.2) is 8.42 Å². The summed E-state index contributed by atoms with van der Waals surface area (Å²) in [6.07, 6.45) is 3.26. The van der Waals surface area contributed by atoms with Gasteiger partial charge in [0.2, 0.25) is 21.8 Å². The molecule has 10 heteroatoms. The standard InChI is InChI=1S/C23H31N3O6S/c1-17(2)26(33(29,30)22-10-8-19(9-11-22)24-18(3)27)16-23(28)25(14-20-6-4-12-31-20)15-21-7-5-13-32-21/h4,6,8-12,17,21H,5,7,13-16H2,1-3H3,(H,24,27). The smallest absolute Gasteiger partial charge is 0.243 e. The number of anilines is 1. The van der Waals surface area contributed by atoms with Crippen LogP contribution in [0.25, 0.3) is 0 Å². The molecule has 0 aliphatic carbocycles. The number of hydrogen-bond acceptors (Lipinski definition) is 6. The van der Waals surface area contributed by atoms with Gasteiger partial charge in [0.1, 0.15) is 5.76 Å². The summed E-state index contributed by atoms with van der Waals surface area (Å²) in [7, 11) is -3.94.